The molecule has 0 unspecified atom stereocenters. The molecule has 1 heterocycles. The molecule has 11 heavy (non-hydrogen) atoms. The van der Waals surface area contributed by atoms with E-state index in [4.69, 9.17) is 0 Å². The smallest absolute Gasteiger partial charge is 0.133 e. The van der Waals surface area contributed by atoms with Crippen molar-refractivity contribution in [3.05, 3.63) is 24.4 Å². The highest BCUT2D eigenvalue weighted by Crippen LogP contribution is 2.03. The topological polar surface area (TPSA) is 28.5 Å². The van der Waals surface area contributed by atoms with Gasteiger partial charge in [-0.3, -0.25) is 4.99 Å². The molecule has 58 valence electrons. The lowest BCUT2D eigenvalue weighted by molar-refractivity contribution is 1.17. The predicted molar refractivity (Wildman–Crippen MR) is 47.1 cm³/mol. The second kappa shape index (κ2) is 3.71. The van der Waals surface area contributed by atoms with Gasteiger partial charge >= 0.3 is 0 Å². The van der Waals surface area contributed by atoms with Crippen LogP contribution in [0, 0.1) is 0 Å². The summed E-state index contributed by atoms with van der Waals surface area (Å²) in [7, 11) is 3.65. The van der Waals surface area contributed by atoms with Crippen molar-refractivity contribution < 1.29 is 0 Å². The molecule has 0 radical (unpaired) electrons. The van der Waals surface area contributed by atoms with Crippen LogP contribution in [-0.4, -0.2) is 25.4 Å². The Labute approximate surface area is 66.4 Å². The van der Waals surface area contributed by atoms with E-state index in [1.54, 1.807) is 19.6 Å². The molecule has 3 heteroatoms. The molecule has 0 saturated carbocycles. The maximum Gasteiger partial charge on any atom is 0.133 e. The minimum atomic E-state index is 0.901. The molecule has 0 aliphatic rings. The van der Waals surface area contributed by atoms with Crippen molar-refractivity contribution in [3.8, 4) is 0 Å². The molecule has 1 aromatic rings. The lowest BCUT2D eigenvalue weighted by atomic mass is 10.4. The zero-order valence-electron chi connectivity index (χ0n) is 6.73. The van der Waals surface area contributed by atoms with E-state index < -0.39 is 0 Å². The third kappa shape index (κ3) is 2.04. The number of nitrogens with zero attached hydrogens (tertiary/aromatic N) is 3. The fourth-order valence-corrected chi connectivity index (χ4v) is 0.795. The summed E-state index contributed by atoms with van der Waals surface area (Å²) >= 11 is 0. The summed E-state index contributed by atoms with van der Waals surface area (Å²) in [6.07, 6.45) is 3.48. The average Bonchev–Trinajstić information content (AvgIpc) is 2.07. The molecule has 0 amide bonds. The lowest BCUT2D eigenvalue weighted by Crippen LogP contribution is -2.14. The van der Waals surface area contributed by atoms with Gasteiger partial charge in [-0.25, -0.2) is 4.98 Å². The maximum absolute atomic E-state index is 4.13. The minimum absolute atomic E-state index is 0.901. The molecule has 1 rings (SSSR count). The normalized spacial score (nSPS) is 10.4. The Balaban J connectivity index is 2.76. The van der Waals surface area contributed by atoms with E-state index in [2.05, 4.69) is 9.98 Å². The van der Waals surface area contributed by atoms with Crippen LogP contribution in [0.5, 0.6) is 0 Å². The summed E-state index contributed by atoms with van der Waals surface area (Å²) in [5.74, 6) is 0.901. The minimum Gasteiger partial charge on any atom is -0.321 e. The van der Waals surface area contributed by atoms with E-state index in [0.29, 0.717) is 0 Å². The molecular formula is C8H11N3. The Kier molecular flexibility index (Phi) is 2.60. The van der Waals surface area contributed by atoms with Crippen LogP contribution in [-0.2, 0) is 0 Å². The van der Waals surface area contributed by atoms with Gasteiger partial charge in [0.15, 0.2) is 0 Å². The molecule has 0 spiro atoms. The largest absolute Gasteiger partial charge is 0.321 e. The SMILES string of the molecule is C/N=C/N(C)c1ccccn1. The summed E-state index contributed by atoms with van der Waals surface area (Å²) in [4.78, 5) is 9.87. The summed E-state index contributed by atoms with van der Waals surface area (Å²) in [5, 5.41) is 0. The van der Waals surface area contributed by atoms with Gasteiger partial charge in [-0.05, 0) is 12.1 Å². The Morgan fingerprint density at radius 1 is 1.55 bits per heavy atom. The number of hydrogen-bond donors (Lipinski definition) is 0. The highest BCUT2D eigenvalue weighted by atomic mass is 15.2. The van der Waals surface area contributed by atoms with Crippen LogP contribution < -0.4 is 4.90 Å². The van der Waals surface area contributed by atoms with E-state index in [0.717, 1.165) is 5.82 Å². The Morgan fingerprint density at radius 2 is 2.36 bits per heavy atom. The predicted octanol–water partition coefficient (Wildman–Crippen LogP) is 1.18. The van der Waals surface area contributed by atoms with E-state index in [-0.39, 0.29) is 0 Å². The Morgan fingerprint density at radius 3 is 2.91 bits per heavy atom. The van der Waals surface area contributed by atoms with E-state index in [9.17, 15) is 0 Å². The van der Waals surface area contributed by atoms with Gasteiger partial charge in [-0.1, -0.05) is 6.07 Å². The van der Waals surface area contributed by atoms with Crippen molar-refractivity contribution in [2.75, 3.05) is 19.0 Å². The maximum atomic E-state index is 4.13. The van der Waals surface area contributed by atoms with Gasteiger partial charge < -0.3 is 4.90 Å². The average molecular weight is 149 g/mol. The van der Waals surface area contributed by atoms with Crippen molar-refractivity contribution in [2.45, 2.75) is 0 Å². The first kappa shape index (κ1) is 7.72. The molecule has 0 aromatic carbocycles. The van der Waals surface area contributed by atoms with Crippen LogP contribution >= 0.6 is 0 Å². The number of anilines is 1. The van der Waals surface area contributed by atoms with Crippen LogP contribution in [0.2, 0.25) is 0 Å². The van der Waals surface area contributed by atoms with Gasteiger partial charge in [0, 0.05) is 20.3 Å². The van der Waals surface area contributed by atoms with Gasteiger partial charge in [0.05, 0.1) is 6.34 Å². The van der Waals surface area contributed by atoms with E-state index in [1.165, 1.54) is 0 Å². The number of pyridine rings is 1. The second-order valence-corrected chi connectivity index (χ2v) is 2.17. The van der Waals surface area contributed by atoms with Gasteiger partial charge in [0.25, 0.3) is 0 Å². The quantitative estimate of drug-likeness (QED) is 0.466. The van der Waals surface area contributed by atoms with Crippen LogP contribution in [0.4, 0.5) is 5.82 Å². The zero-order chi connectivity index (χ0) is 8.10. The van der Waals surface area contributed by atoms with E-state index >= 15 is 0 Å². The number of aromatic nitrogens is 1. The summed E-state index contributed by atoms with van der Waals surface area (Å²) in [6, 6.07) is 5.77. The zero-order valence-corrected chi connectivity index (χ0v) is 6.73. The van der Waals surface area contributed by atoms with Crippen molar-refractivity contribution in [1.29, 1.82) is 0 Å². The first-order valence-corrected chi connectivity index (χ1v) is 3.40. The summed E-state index contributed by atoms with van der Waals surface area (Å²) < 4.78 is 0. The third-order valence-electron chi connectivity index (χ3n) is 1.30. The van der Waals surface area contributed by atoms with Crippen molar-refractivity contribution >= 4 is 12.2 Å². The second-order valence-electron chi connectivity index (χ2n) is 2.17. The fraction of sp³-hybridized carbons (Fsp3) is 0.250. The summed E-state index contributed by atoms with van der Waals surface area (Å²) in [6.45, 7) is 0. The molecule has 0 aliphatic carbocycles. The first-order chi connectivity index (χ1) is 5.34. The highest BCUT2D eigenvalue weighted by Gasteiger charge is 1.94. The Bertz CT molecular complexity index is 230. The molecule has 3 nitrogen and oxygen atoms in total. The van der Waals surface area contributed by atoms with Crippen LogP contribution in [0.25, 0.3) is 0 Å². The molecule has 1 aromatic heterocycles. The summed E-state index contributed by atoms with van der Waals surface area (Å²) in [5.41, 5.74) is 0. The van der Waals surface area contributed by atoms with Crippen molar-refractivity contribution in [1.82, 2.24) is 4.98 Å². The number of aliphatic imine (C=N–C) groups is 1. The molecule has 0 atom stereocenters. The van der Waals surface area contributed by atoms with Crippen LogP contribution in [0.15, 0.2) is 29.4 Å². The van der Waals surface area contributed by atoms with Gasteiger partial charge in [-0.2, -0.15) is 0 Å². The standard InChI is InChI=1S/C8H11N3/c1-9-7-11(2)8-5-3-4-6-10-8/h3-7H,1-2H3/b9-7+. The van der Waals surface area contributed by atoms with E-state index in [1.807, 2.05) is 30.1 Å². The number of rotatable bonds is 2. The molecule has 0 N–H and O–H groups in total. The molecule has 0 fully saturated rings. The van der Waals surface area contributed by atoms with Crippen molar-refractivity contribution in [3.63, 3.8) is 0 Å². The van der Waals surface area contributed by atoms with Gasteiger partial charge in [0.1, 0.15) is 5.82 Å². The highest BCUT2D eigenvalue weighted by molar-refractivity contribution is 5.76. The first-order valence-electron chi connectivity index (χ1n) is 3.40. The van der Waals surface area contributed by atoms with Crippen LogP contribution in [0.3, 0.4) is 0 Å². The van der Waals surface area contributed by atoms with Gasteiger partial charge in [-0.15, -0.1) is 0 Å². The van der Waals surface area contributed by atoms with Crippen LogP contribution in [0.1, 0.15) is 0 Å². The monoisotopic (exact) mass is 149 g/mol. The van der Waals surface area contributed by atoms with Crippen molar-refractivity contribution in [2.24, 2.45) is 4.99 Å². The molecule has 0 bridgehead atoms. The number of hydrogen-bond acceptors (Lipinski definition) is 2. The Hall–Kier alpha value is -1.38. The molecular weight excluding hydrogens is 138 g/mol. The molecule has 0 aliphatic heterocycles. The molecule has 0 saturated heterocycles. The third-order valence-corrected chi connectivity index (χ3v) is 1.30. The lowest BCUT2D eigenvalue weighted by Gasteiger charge is -2.09. The fourth-order valence-electron chi connectivity index (χ4n) is 0.795. The van der Waals surface area contributed by atoms with Gasteiger partial charge in [0.2, 0.25) is 0 Å².